The molecule has 1 aliphatic heterocycles. The molecule has 6 nitrogen and oxygen atoms in total. The molecule has 2 aromatic carbocycles. The number of benzene rings is 2. The number of hydrogen-bond donors (Lipinski definition) is 1. The van der Waals surface area contributed by atoms with Crippen LogP contribution in [0, 0.1) is 5.82 Å². The largest absolute Gasteiger partial charge is 0.497 e. The Morgan fingerprint density at radius 2 is 1.66 bits per heavy atom. The fraction of sp³-hybridized carbons (Fsp3) is 0.273. The molecule has 7 heteroatoms. The van der Waals surface area contributed by atoms with Crippen LogP contribution < -0.4 is 10.1 Å². The molecule has 2 amide bonds. The number of carbonyl (C=O) groups excluding carboxylic acids is 2. The van der Waals surface area contributed by atoms with Gasteiger partial charge in [-0.2, -0.15) is 0 Å². The van der Waals surface area contributed by atoms with Crippen LogP contribution in [-0.4, -0.2) is 43.1 Å². The Bertz CT molecular complexity index is 921. The second-order valence-corrected chi connectivity index (χ2v) is 6.79. The fourth-order valence-electron chi connectivity index (χ4n) is 2.98. The van der Waals surface area contributed by atoms with Crippen LogP contribution in [0.1, 0.15) is 19.4 Å². The van der Waals surface area contributed by atoms with Crippen LogP contribution in [-0.2, 0) is 14.3 Å². The lowest BCUT2D eigenvalue weighted by molar-refractivity contribution is -0.137. The van der Waals surface area contributed by atoms with Crippen molar-refractivity contribution in [3.63, 3.8) is 0 Å². The third kappa shape index (κ3) is 4.63. The molecule has 0 saturated heterocycles. The number of ether oxygens (including phenoxy) is 2. The number of nitrogens with one attached hydrogen (secondary N) is 1. The van der Waals surface area contributed by atoms with E-state index in [0.717, 1.165) is 4.90 Å². The summed E-state index contributed by atoms with van der Waals surface area (Å²) in [6.45, 7) is 4.13. The zero-order chi connectivity index (χ0) is 21.0. The van der Waals surface area contributed by atoms with Gasteiger partial charge < -0.3 is 14.8 Å². The van der Waals surface area contributed by atoms with Gasteiger partial charge in [-0.05, 0) is 55.8 Å². The SMILES string of the molecule is COc1ccc(NC2=C(c3ccc(F)cc3)C(=O)N(CCOC(C)C)C2=O)cc1. The summed E-state index contributed by atoms with van der Waals surface area (Å²) < 4.78 is 24.0. The topological polar surface area (TPSA) is 67.9 Å². The molecule has 3 rings (SSSR count). The lowest BCUT2D eigenvalue weighted by atomic mass is 10.0. The predicted octanol–water partition coefficient (Wildman–Crippen LogP) is 3.45. The molecule has 2 aromatic rings. The van der Waals surface area contributed by atoms with Gasteiger partial charge in [0.2, 0.25) is 0 Å². The van der Waals surface area contributed by atoms with E-state index in [9.17, 15) is 14.0 Å². The van der Waals surface area contributed by atoms with Gasteiger partial charge in [-0.3, -0.25) is 14.5 Å². The van der Waals surface area contributed by atoms with Crippen molar-refractivity contribution in [1.29, 1.82) is 0 Å². The molecule has 0 radical (unpaired) electrons. The maximum absolute atomic E-state index is 13.4. The maximum Gasteiger partial charge on any atom is 0.278 e. The molecule has 0 aromatic heterocycles. The highest BCUT2D eigenvalue weighted by molar-refractivity contribution is 6.36. The van der Waals surface area contributed by atoms with Crippen molar-refractivity contribution >= 4 is 23.1 Å². The second kappa shape index (κ2) is 8.87. The Morgan fingerprint density at radius 1 is 1.00 bits per heavy atom. The Hall–Kier alpha value is -3.19. The third-order valence-corrected chi connectivity index (χ3v) is 4.43. The number of halogens is 1. The van der Waals surface area contributed by atoms with Gasteiger partial charge in [-0.25, -0.2) is 4.39 Å². The van der Waals surface area contributed by atoms with E-state index in [1.165, 1.54) is 24.3 Å². The zero-order valence-electron chi connectivity index (χ0n) is 16.6. The Kier molecular flexibility index (Phi) is 6.29. The van der Waals surface area contributed by atoms with Crippen LogP contribution in [0.25, 0.3) is 5.57 Å². The van der Waals surface area contributed by atoms with E-state index in [1.54, 1.807) is 31.4 Å². The molecule has 1 N–H and O–H groups in total. The average molecular weight is 398 g/mol. The van der Waals surface area contributed by atoms with Crippen molar-refractivity contribution in [1.82, 2.24) is 4.90 Å². The van der Waals surface area contributed by atoms with Crippen molar-refractivity contribution < 1.29 is 23.5 Å². The van der Waals surface area contributed by atoms with Gasteiger partial charge in [0.25, 0.3) is 11.8 Å². The van der Waals surface area contributed by atoms with Gasteiger partial charge in [-0.15, -0.1) is 0 Å². The van der Waals surface area contributed by atoms with Gasteiger partial charge in [0, 0.05) is 5.69 Å². The summed E-state index contributed by atoms with van der Waals surface area (Å²) in [5, 5.41) is 3.04. The summed E-state index contributed by atoms with van der Waals surface area (Å²) in [4.78, 5) is 27.2. The normalized spacial score (nSPS) is 14.2. The number of rotatable bonds is 8. The summed E-state index contributed by atoms with van der Waals surface area (Å²) in [6.07, 6.45) is -0.00997. The summed E-state index contributed by atoms with van der Waals surface area (Å²) in [5.41, 5.74) is 1.45. The fourth-order valence-corrected chi connectivity index (χ4v) is 2.98. The summed E-state index contributed by atoms with van der Waals surface area (Å²) in [7, 11) is 1.56. The predicted molar refractivity (Wildman–Crippen MR) is 108 cm³/mol. The highest BCUT2D eigenvalue weighted by Gasteiger charge is 2.39. The number of nitrogens with zero attached hydrogens (tertiary/aromatic N) is 1. The van der Waals surface area contributed by atoms with Crippen LogP contribution in [0.4, 0.5) is 10.1 Å². The number of amides is 2. The monoisotopic (exact) mass is 398 g/mol. The molecule has 0 spiro atoms. The number of carbonyl (C=O) groups is 2. The van der Waals surface area contributed by atoms with Gasteiger partial charge in [0.1, 0.15) is 17.3 Å². The minimum Gasteiger partial charge on any atom is -0.497 e. The average Bonchev–Trinajstić information content (AvgIpc) is 2.93. The highest BCUT2D eigenvalue weighted by Crippen LogP contribution is 2.31. The van der Waals surface area contributed by atoms with E-state index in [0.29, 0.717) is 17.0 Å². The van der Waals surface area contributed by atoms with Crippen molar-refractivity contribution in [2.45, 2.75) is 20.0 Å². The first-order valence-corrected chi connectivity index (χ1v) is 9.29. The molecule has 1 heterocycles. The minimum atomic E-state index is -0.447. The van der Waals surface area contributed by atoms with Crippen molar-refractivity contribution in [3.8, 4) is 5.75 Å². The Balaban J connectivity index is 1.93. The standard InChI is InChI=1S/C22H23FN2O4/c1-14(2)29-13-12-25-21(26)19(15-4-6-16(23)7-5-15)20(22(25)27)24-17-8-10-18(28-3)11-9-17/h4-11,14,24H,12-13H2,1-3H3. The van der Waals surface area contributed by atoms with E-state index in [2.05, 4.69) is 5.32 Å². The lowest BCUT2D eigenvalue weighted by Gasteiger charge is -2.16. The molecule has 0 bridgehead atoms. The molecule has 1 aliphatic rings. The first-order valence-electron chi connectivity index (χ1n) is 9.29. The van der Waals surface area contributed by atoms with E-state index in [4.69, 9.17) is 9.47 Å². The summed E-state index contributed by atoms with van der Waals surface area (Å²) in [6, 6.07) is 12.5. The molecular formula is C22H23FN2O4. The van der Waals surface area contributed by atoms with Crippen LogP contribution in [0.5, 0.6) is 5.75 Å². The van der Waals surface area contributed by atoms with Gasteiger partial charge in [0.05, 0.1) is 31.9 Å². The van der Waals surface area contributed by atoms with Gasteiger partial charge in [-0.1, -0.05) is 12.1 Å². The lowest BCUT2D eigenvalue weighted by Crippen LogP contribution is -2.35. The molecule has 29 heavy (non-hydrogen) atoms. The van der Waals surface area contributed by atoms with Crippen LogP contribution in [0.2, 0.25) is 0 Å². The molecule has 152 valence electrons. The second-order valence-electron chi connectivity index (χ2n) is 6.79. The third-order valence-electron chi connectivity index (χ3n) is 4.43. The summed E-state index contributed by atoms with van der Waals surface area (Å²) >= 11 is 0. The Morgan fingerprint density at radius 3 is 2.24 bits per heavy atom. The molecule has 0 fully saturated rings. The van der Waals surface area contributed by atoms with E-state index < -0.39 is 17.6 Å². The molecule has 0 unspecified atom stereocenters. The number of methoxy groups -OCH3 is 1. The minimum absolute atomic E-state index is 0.00997. The van der Waals surface area contributed by atoms with E-state index in [1.807, 2.05) is 13.8 Å². The van der Waals surface area contributed by atoms with E-state index in [-0.39, 0.29) is 30.5 Å². The van der Waals surface area contributed by atoms with Gasteiger partial charge in [0.15, 0.2) is 0 Å². The van der Waals surface area contributed by atoms with Crippen molar-refractivity contribution in [2.24, 2.45) is 0 Å². The Labute approximate surface area is 168 Å². The van der Waals surface area contributed by atoms with Gasteiger partial charge >= 0.3 is 0 Å². The van der Waals surface area contributed by atoms with Crippen LogP contribution in [0.3, 0.4) is 0 Å². The number of anilines is 1. The smallest absolute Gasteiger partial charge is 0.278 e. The molecular weight excluding hydrogens is 375 g/mol. The number of hydrogen-bond acceptors (Lipinski definition) is 5. The number of imide groups is 1. The summed E-state index contributed by atoms with van der Waals surface area (Å²) in [5.74, 6) is -0.634. The highest BCUT2D eigenvalue weighted by atomic mass is 19.1. The first kappa shape index (κ1) is 20.5. The first-order chi connectivity index (χ1) is 13.9. The van der Waals surface area contributed by atoms with E-state index >= 15 is 0 Å². The zero-order valence-corrected chi connectivity index (χ0v) is 16.6. The molecule has 0 saturated carbocycles. The maximum atomic E-state index is 13.4. The quantitative estimate of drug-likeness (QED) is 0.690. The molecule has 0 atom stereocenters. The van der Waals surface area contributed by atoms with Crippen molar-refractivity contribution in [3.05, 3.63) is 65.6 Å². The van der Waals surface area contributed by atoms with Crippen molar-refractivity contribution in [2.75, 3.05) is 25.6 Å². The van der Waals surface area contributed by atoms with Crippen LogP contribution >= 0.6 is 0 Å². The molecule has 0 aliphatic carbocycles. The van der Waals surface area contributed by atoms with Crippen LogP contribution in [0.15, 0.2) is 54.2 Å².